The lowest BCUT2D eigenvalue weighted by Crippen LogP contribution is -2.51. The number of hydrogen-bond donors (Lipinski definition) is 3. The molecule has 5 nitrogen and oxygen atoms in total. The highest BCUT2D eigenvalue weighted by atomic mass is 32.2. The number of nitrogens with one attached hydrogen (secondary N) is 3. The van der Waals surface area contributed by atoms with Crippen LogP contribution in [0.3, 0.4) is 0 Å². The maximum atomic E-state index is 11.5. The van der Waals surface area contributed by atoms with E-state index in [4.69, 9.17) is 0 Å². The van der Waals surface area contributed by atoms with E-state index in [1.165, 1.54) is 0 Å². The van der Waals surface area contributed by atoms with Gasteiger partial charge in [-0.15, -0.1) is 0 Å². The second kappa shape index (κ2) is 4.14. The van der Waals surface area contributed by atoms with Gasteiger partial charge >= 0.3 is 0 Å². The maximum Gasteiger partial charge on any atom is 0.278 e. The van der Waals surface area contributed by atoms with Crippen LogP contribution in [0, 0.1) is 0 Å². The Morgan fingerprint density at radius 2 is 1.86 bits per heavy atom. The van der Waals surface area contributed by atoms with E-state index >= 15 is 0 Å². The minimum absolute atomic E-state index is 0.0833. The van der Waals surface area contributed by atoms with Gasteiger partial charge in [0.05, 0.1) is 6.17 Å². The average molecular weight is 219 g/mol. The molecule has 14 heavy (non-hydrogen) atoms. The van der Waals surface area contributed by atoms with Gasteiger partial charge in [-0.2, -0.15) is 17.9 Å². The molecule has 2 fully saturated rings. The Kier molecular flexibility index (Phi) is 3.06. The SMILES string of the molecule is O=S(=O)(NC1CC1)NC1CCCCN1. The van der Waals surface area contributed by atoms with Crippen molar-refractivity contribution >= 4 is 10.2 Å². The summed E-state index contributed by atoms with van der Waals surface area (Å²) in [7, 11) is -3.28. The minimum Gasteiger partial charge on any atom is -0.301 e. The van der Waals surface area contributed by atoms with Crippen molar-refractivity contribution in [3.05, 3.63) is 0 Å². The lowest BCUT2D eigenvalue weighted by atomic mass is 10.1. The van der Waals surface area contributed by atoms with Crippen molar-refractivity contribution in [3.63, 3.8) is 0 Å². The van der Waals surface area contributed by atoms with Gasteiger partial charge in [-0.05, 0) is 38.6 Å². The van der Waals surface area contributed by atoms with Gasteiger partial charge in [0, 0.05) is 6.04 Å². The summed E-state index contributed by atoms with van der Waals surface area (Å²) in [4.78, 5) is 0. The monoisotopic (exact) mass is 219 g/mol. The average Bonchev–Trinajstić information content (AvgIpc) is 2.88. The van der Waals surface area contributed by atoms with Gasteiger partial charge in [0.1, 0.15) is 0 Å². The van der Waals surface area contributed by atoms with E-state index in [-0.39, 0.29) is 12.2 Å². The Morgan fingerprint density at radius 1 is 1.07 bits per heavy atom. The van der Waals surface area contributed by atoms with Gasteiger partial charge in [0.25, 0.3) is 10.2 Å². The third-order valence-corrected chi connectivity index (χ3v) is 3.75. The van der Waals surface area contributed by atoms with Crippen LogP contribution in [0.2, 0.25) is 0 Å². The molecule has 1 saturated heterocycles. The molecule has 1 saturated carbocycles. The standard InChI is InChI=1S/C8H17N3O2S/c12-14(13,10-7-4-5-7)11-8-3-1-2-6-9-8/h7-11H,1-6H2. The fourth-order valence-electron chi connectivity index (χ4n) is 1.59. The smallest absolute Gasteiger partial charge is 0.278 e. The van der Waals surface area contributed by atoms with E-state index in [9.17, 15) is 8.42 Å². The zero-order valence-electron chi connectivity index (χ0n) is 8.12. The van der Waals surface area contributed by atoms with Crippen LogP contribution in [0.25, 0.3) is 0 Å². The molecule has 1 heterocycles. The van der Waals surface area contributed by atoms with Gasteiger partial charge in [0.2, 0.25) is 0 Å². The molecule has 0 spiro atoms. The molecule has 1 atom stereocenters. The first-order valence-electron chi connectivity index (χ1n) is 5.19. The van der Waals surface area contributed by atoms with Gasteiger partial charge in [-0.25, -0.2) is 0 Å². The molecule has 0 aromatic carbocycles. The lowest BCUT2D eigenvalue weighted by Gasteiger charge is -2.24. The molecule has 1 unspecified atom stereocenters. The molecular formula is C8H17N3O2S. The lowest BCUT2D eigenvalue weighted by molar-refractivity contribution is 0.380. The second-order valence-electron chi connectivity index (χ2n) is 4.02. The highest BCUT2D eigenvalue weighted by molar-refractivity contribution is 7.87. The third kappa shape index (κ3) is 3.20. The molecular weight excluding hydrogens is 202 g/mol. The van der Waals surface area contributed by atoms with Crippen molar-refractivity contribution < 1.29 is 8.42 Å². The molecule has 82 valence electrons. The van der Waals surface area contributed by atoms with Crippen molar-refractivity contribution in [1.29, 1.82) is 0 Å². The Hall–Kier alpha value is -0.170. The van der Waals surface area contributed by atoms with E-state index in [1.54, 1.807) is 0 Å². The summed E-state index contributed by atoms with van der Waals surface area (Å²) >= 11 is 0. The molecule has 2 aliphatic rings. The summed E-state index contributed by atoms with van der Waals surface area (Å²) in [6, 6.07) is 0.177. The van der Waals surface area contributed by atoms with Crippen LogP contribution in [0.5, 0.6) is 0 Å². The Labute approximate surface area is 84.8 Å². The van der Waals surface area contributed by atoms with Crippen molar-refractivity contribution in [2.75, 3.05) is 6.54 Å². The number of rotatable bonds is 4. The summed E-state index contributed by atoms with van der Waals surface area (Å²) in [5, 5.41) is 3.14. The van der Waals surface area contributed by atoms with Crippen LogP contribution in [0.4, 0.5) is 0 Å². The Bertz CT molecular complexity index is 281. The summed E-state index contributed by atoms with van der Waals surface area (Å²) in [5.74, 6) is 0. The highest BCUT2D eigenvalue weighted by Gasteiger charge is 2.28. The quantitative estimate of drug-likeness (QED) is 0.606. The van der Waals surface area contributed by atoms with Crippen molar-refractivity contribution in [2.24, 2.45) is 0 Å². The van der Waals surface area contributed by atoms with E-state index in [1.807, 2.05) is 0 Å². The van der Waals surface area contributed by atoms with Crippen molar-refractivity contribution in [3.8, 4) is 0 Å². The van der Waals surface area contributed by atoms with Crippen molar-refractivity contribution in [1.82, 2.24) is 14.8 Å². The molecule has 3 N–H and O–H groups in total. The molecule has 1 aliphatic carbocycles. The van der Waals surface area contributed by atoms with Gasteiger partial charge in [-0.3, -0.25) is 0 Å². The summed E-state index contributed by atoms with van der Waals surface area (Å²) in [5.41, 5.74) is 0. The minimum atomic E-state index is -3.28. The predicted molar refractivity (Wildman–Crippen MR) is 53.9 cm³/mol. The largest absolute Gasteiger partial charge is 0.301 e. The highest BCUT2D eigenvalue weighted by Crippen LogP contribution is 2.19. The van der Waals surface area contributed by atoms with Gasteiger partial charge in [0.15, 0.2) is 0 Å². The van der Waals surface area contributed by atoms with E-state index < -0.39 is 10.2 Å². The van der Waals surface area contributed by atoms with Crippen LogP contribution in [0.1, 0.15) is 32.1 Å². The van der Waals surface area contributed by atoms with E-state index in [0.29, 0.717) is 0 Å². The van der Waals surface area contributed by atoms with Crippen LogP contribution < -0.4 is 14.8 Å². The topological polar surface area (TPSA) is 70.2 Å². The maximum absolute atomic E-state index is 11.5. The molecule has 0 aromatic heterocycles. The summed E-state index contributed by atoms with van der Waals surface area (Å²) in [6.07, 6.45) is 4.96. The predicted octanol–water partition coefficient (Wildman–Crippen LogP) is -0.328. The van der Waals surface area contributed by atoms with E-state index in [2.05, 4.69) is 14.8 Å². The van der Waals surface area contributed by atoms with Crippen LogP contribution >= 0.6 is 0 Å². The molecule has 2 rings (SSSR count). The molecule has 6 heteroatoms. The number of hydrogen-bond acceptors (Lipinski definition) is 3. The Morgan fingerprint density at radius 3 is 2.43 bits per heavy atom. The zero-order valence-corrected chi connectivity index (χ0v) is 8.94. The number of piperidine rings is 1. The van der Waals surface area contributed by atoms with Crippen molar-refractivity contribution in [2.45, 2.75) is 44.3 Å². The first kappa shape index (κ1) is 10.4. The normalized spacial score (nSPS) is 29.0. The molecule has 0 aromatic rings. The third-order valence-electron chi connectivity index (χ3n) is 2.51. The van der Waals surface area contributed by atoms with Gasteiger partial charge < -0.3 is 5.32 Å². The second-order valence-corrected chi connectivity index (χ2v) is 5.49. The molecule has 1 aliphatic heterocycles. The molecule has 0 radical (unpaired) electrons. The summed E-state index contributed by atoms with van der Waals surface area (Å²) < 4.78 is 28.2. The van der Waals surface area contributed by atoms with Crippen LogP contribution in [-0.2, 0) is 10.2 Å². The van der Waals surface area contributed by atoms with Crippen LogP contribution in [-0.4, -0.2) is 27.2 Å². The first-order chi connectivity index (χ1) is 6.66. The Balaban J connectivity index is 1.81. The molecule has 0 bridgehead atoms. The molecule has 0 amide bonds. The fraction of sp³-hybridized carbons (Fsp3) is 1.00. The summed E-state index contributed by atoms with van der Waals surface area (Å²) in [6.45, 7) is 0.899. The first-order valence-corrected chi connectivity index (χ1v) is 6.67. The van der Waals surface area contributed by atoms with E-state index in [0.717, 1.165) is 38.6 Å². The van der Waals surface area contributed by atoms with Gasteiger partial charge in [-0.1, -0.05) is 0 Å². The zero-order chi connectivity index (χ0) is 10.0. The van der Waals surface area contributed by atoms with Crippen LogP contribution in [0.15, 0.2) is 0 Å². The fourth-order valence-corrected chi connectivity index (χ4v) is 2.91.